The summed E-state index contributed by atoms with van der Waals surface area (Å²) >= 11 is 0. The number of fused-ring (bicyclic) bond motifs is 1. The van der Waals surface area contributed by atoms with Crippen LogP contribution in [0.25, 0.3) is 0 Å². The fourth-order valence-corrected chi connectivity index (χ4v) is 6.60. The van der Waals surface area contributed by atoms with Gasteiger partial charge in [-0.15, -0.1) is 0 Å². The molecule has 1 saturated heterocycles. The topological polar surface area (TPSA) is 95.7 Å². The average molecular weight is 547 g/mol. The fraction of sp³-hybridized carbons (Fsp3) is 0.387. The number of ketones is 1. The Labute approximate surface area is 232 Å². The first-order valence-corrected chi connectivity index (χ1v) is 15.2. The number of benzene rings is 3. The van der Waals surface area contributed by atoms with Gasteiger partial charge in [0, 0.05) is 48.8 Å². The Hall–Kier alpha value is -3.36. The van der Waals surface area contributed by atoms with Crippen molar-refractivity contribution in [2.45, 2.75) is 40.2 Å². The maximum atomic E-state index is 12.4. The Morgan fingerprint density at radius 3 is 2.38 bits per heavy atom. The molecule has 5 rings (SSSR count). The van der Waals surface area contributed by atoms with Crippen molar-refractivity contribution < 1.29 is 13.2 Å². The molecule has 1 fully saturated rings. The van der Waals surface area contributed by atoms with Crippen molar-refractivity contribution >= 4 is 32.9 Å². The molecule has 1 unspecified atom stereocenters. The molecule has 0 aliphatic carbocycles. The van der Waals surface area contributed by atoms with E-state index in [1.807, 2.05) is 6.07 Å². The van der Waals surface area contributed by atoms with Gasteiger partial charge in [0.15, 0.2) is 5.78 Å². The van der Waals surface area contributed by atoms with Crippen LogP contribution in [0.1, 0.15) is 52.5 Å². The number of piperazine rings is 1. The molecule has 2 aliphatic rings. The van der Waals surface area contributed by atoms with E-state index in [1.165, 1.54) is 28.1 Å². The molecule has 0 saturated carbocycles. The van der Waals surface area contributed by atoms with Gasteiger partial charge in [0.1, 0.15) is 5.75 Å². The van der Waals surface area contributed by atoms with Crippen LogP contribution in [-0.4, -0.2) is 46.1 Å². The van der Waals surface area contributed by atoms with Crippen LogP contribution in [0.5, 0.6) is 0 Å². The summed E-state index contributed by atoms with van der Waals surface area (Å²) in [6, 6.07) is 21.0. The third-order valence-corrected chi connectivity index (χ3v) is 8.69. The summed E-state index contributed by atoms with van der Waals surface area (Å²) in [6.45, 7) is 12.7. The van der Waals surface area contributed by atoms with Gasteiger partial charge in [-0.3, -0.25) is 4.79 Å². The molecule has 1 atom stereocenters. The second kappa shape index (κ2) is 10.3. The first kappa shape index (κ1) is 27.2. The van der Waals surface area contributed by atoms with Gasteiger partial charge in [-0.25, -0.2) is 13.6 Å². The third-order valence-electron chi connectivity index (χ3n) is 8.03. The fourth-order valence-electron chi connectivity index (χ4n) is 6.07. The number of carbonyl (C=O) groups excluding carboxylic acids is 1. The Morgan fingerprint density at radius 1 is 0.974 bits per heavy atom. The van der Waals surface area contributed by atoms with Crippen LogP contribution in [0, 0.1) is 19.3 Å². The Balaban J connectivity index is 1.32. The molecule has 8 heteroatoms. The molecule has 206 valence electrons. The van der Waals surface area contributed by atoms with Crippen LogP contribution in [-0.2, 0) is 16.4 Å². The van der Waals surface area contributed by atoms with Crippen LogP contribution in [0.15, 0.2) is 60.7 Å². The number of primary sulfonamides is 1. The zero-order valence-electron chi connectivity index (χ0n) is 23.2. The molecule has 0 amide bonds. The van der Waals surface area contributed by atoms with Crippen molar-refractivity contribution in [1.29, 1.82) is 0 Å². The smallest absolute Gasteiger partial charge is 0.216 e. The highest BCUT2D eigenvalue weighted by atomic mass is 32.2. The quantitative estimate of drug-likeness (QED) is 0.430. The van der Waals surface area contributed by atoms with Gasteiger partial charge in [0.05, 0.1) is 6.04 Å². The van der Waals surface area contributed by atoms with Gasteiger partial charge in [0.2, 0.25) is 10.0 Å². The summed E-state index contributed by atoms with van der Waals surface area (Å²) in [5, 5.41) is 8.79. The van der Waals surface area contributed by atoms with Crippen molar-refractivity contribution in [3.05, 3.63) is 88.5 Å². The lowest BCUT2D eigenvalue weighted by Crippen LogP contribution is -2.46. The minimum Gasteiger partial charge on any atom is -0.377 e. The lowest BCUT2D eigenvalue weighted by molar-refractivity contribution is 0.102. The zero-order valence-corrected chi connectivity index (χ0v) is 24.0. The molecule has 0 bridgehead atoms. The molecule has 39 heavy (non-hydrogen) atoms. The van der Waals surface area contributed by atoms with Crippen LogP contribution in [0.2, 0.25) is 0 Å². The van der Waals surface area contributed by atoms with E-state index in [1.54, 1.807) is 12.1 Å². The van der Waals surface area contributed by atoms with E-state index in [0.29, 0.717) is 5.56 Å². The van der Waals surface area contributed by atoms with Crippen molar-refractivity contribution in [2.24, 2.45) is 10.6 Å². The monoisotopic (exact) mass is 546 g/mol. The number of sulfonamides is 1. The second-order valence-electron chi connectivity index (χ2n) is 11.7. The van der Waals surface area contributed by atoms with Crippen LogP contribution >= 0.6 is 0 Å². The van der Waals surface area contributed by atoms with Gasteiger partial charge in [0.25, 0.3) is 0 Å². The predicted molar refractivity (Wildman–Crippen MR) is 159 cm³/mol. The number of nitrogens with one attached hydrogen (secondary N) is 1. The zero-order chi connectivity index (χ0) is 27.9. The number of anilines is 3. The minimum absolute atomic E-state index is 0.0902. The maximum absolute atomic E-state index is 12.4. The summed E-state index contributed by atoms with van der Waals surface area (Å²) < 4.78 is 22.8. The van der Waals surface area contributed by atoms with Crippen molar-refractivity contribution in [3.63, 3.8) is 0 Å². The number of hydrogen-bond acceptors (Lipinski definition) is 6. The van der Waals surface area contributed by atoms with Crippen LogP contribution in [0.3, 0.4) is 0 Å². The molecular weight excluding hydrogens is 508 g/mol. The average Bonchev–Trinajstić information content (AvgIpc) is 2.87. The Morgan fingerprint density at radius 2 is 1.69 bits per heavy atom. The molecule has 3 aromatic rings. The summed E-state index contributed by atoms with van der Waals surface area (Å²) in [7, 11) is -3.87. The van der Waals surface area contributed by atoms with Crippen molar-refractivity contribution in [3.8, 4) is 0 Å². The highest BCUT2D eigenvalue weighted by molar-refractivity contribution is 7.89. The molecule has 3 aromatic carbocycles. The molecule has 0 aromatic heterocycles. The first-order chi connectivity index (χ1) is 18.4. The number of aryl methyl sites for hydroxylation is 2. The number of hydrogen-bond donors (Lipinski definition) is 2. The second-order valence-corrected chi connectivity index (χ2v) is 13.3. The number of carbonyl (C=O) groups is 1. The van der Waals surface area contributed by atoms with Crippen LogP contribution < -0.4 is 20.3 Å². The van der Waals surface area contributed by atoms with E-state index in [9.17, 15) is 13.2 Å². The van der Waals surface area contributed by atoms with E-state index in [0.717, 1.165) is 43.9 Å². The molecule has 0 radical (unpaired) electrons. The standard InChI is InChI=1S/C31H38N4O3S/c1-21-8-11-28(22(2)16-21)35-14-12-34(13-15-35)26-7-5-6-24(18-26)30-31(3,4)19-25-17-23(9-10-27(25)33-30)29(36)20-39(32,37)38/h5-11,16-18,30,33H,12-15,19-20H2,1-4H3,(H2,32,37,38). The van der Waals surface area contributed by atoms with Gasteiger partial charge >= 0.3 is 0 Å². The lowest BCUT2D eigenvalue weighted by Gasteiger charge is -2.42. The maximum Gasteiger partial charge on any atom is 0.216 e. The minimum atomic E-state index is -3.87. The normalized spacial score (nSPS) is 18.8. The number of Topliss-reactive ketones (excluding diaryl/α,β-unsaturated/α-hetero) is 1. The van der Waals surface area contributed by atoms with Gasteiger partial charge in [-0.2, -0.15) is 0 Å². The van der Waals surface area contributed by atoms with E-state index < -0.39 is 21.6 Å². The molecule has 3 N–H and O–H groups in total. The third kappa shape index (κ3) is 5.97. The molecule has 2 heterocycles. The van der Waals surface area contributed by atoms with E-state index in [-0.39, 0.29) is 11.5 Å². The molecule has 7 nitrogen and oxygen atoms in total. The summed E-state index contributed by atoms with van der Waals surface area (Å²) in [5.41, 5.74) is 8.65. The number of nitrogens with zero attached hydrogens (tertiary/aromatic N) is 2. The largest absolute Gasteiger partial charge is 0.377 e. The SMILES string of the molecule is Cc1ccc(N2CCN(c3cccc(C4Nc5ccc(C(=O)CS(N)(=O)=O)cc5CC4(C)C)c3)CC2)c(C)c1. The highest BCUT2D eigenvalue weighted by Gasteiger charge is 2.36. The molecule has 0 spiro atoms. The van der Waals surface area contributed by atoms with Crippen molar-refractivity contribution in [1.82, 2.24) is 0 Å². The van der Waals surface area contributed by atoms with Gasteiger partial charge < -0.3 is 15.1 Å². The van der Waals surface area contributed by atoms with Crippen LogP contribution in [0.4, 0.5) is 17.1 Å². The van der Waals surface area contributed by atoms with E-state index >= 15 is 0 Å². The van der Waals surface area contributed by atoms with Crippen molar-refractivity contribution in [2.75, 3.05) is 47.0 Å². The Bertz CT molecular complexity index is 1510. The number of nitrogens with two attached hydrogens (primary N) is 1. The number of rotatable bonds is 6. The molecular formula is C31H38N4O3S. The Kier molecular flexibility index (Phi) is 7.20. The summed E-state index contributed by atoms with van der Waals surface area (Å²) in [4.78, 5) is 17.4. The van der Waals surface area contributed by atoms with Gasteiger partial charge in [-0.05, 0) is 78.8 Å². The summed E-state index contributed by atoms with van der Waals surface area (Å²) in [6.07, 6.45) is 0.759. The van der Waals surface area contributed by atoms with E-state index in [4.69, 9.17) is 5.14 Å². The van der Waals surface area contributed by atoms with E-state index in [2.05, 4.69) is 85.3 Å². The summed E-state index contributed by atoms with van der Waals surface area (Å²) in [5.74, 6) is -1.16. The predicted octanol–water partition coefficient (Wildman–Crippen LogP) is 4.84. The first-order valence-electron chi connectivity index (χ1n) is 13.5. The molecule has 2 aliphatic heterocycles. The highest BCUT2D eigenvalue weighted by Crippen LogP contribution is 2.45. The van der Waals surface area contributed by atoms with Gasteiger partial charge in [-0.1, -0.05) is 43.7 Å². The lowest BCUT2D eigenvalue weighted by atomic mass is 9.72.